The van der Waals surface area contributed by atoms with Gasteiger partial charge in [-0.25, -0.2) is 0 Å². The molecule has 0 aliphatic carbocycles. The highest BCUT2D eigenvalue weighted by Gasteiger charge is 2.01. The lowest BCUT2D eigenvalue weighted by atomic mass is 10.1. The first kappa shape index (κ1) is 11.1. The molecule has 0 aliphatic rings. The van der Waals surface area contributed by atoms with Gasteiger partial charge in [-0.1, -0.05) is 12.1 Å². The van der Waals surface area contributed by atoms with Crippen molar-refractivity contribution in [1.82, 2.24) is 0 Å². The fourth-order valence-electron chi connectivity index (χ4n) is 1.05. The van der Waals surface area contributed by atoms with E-state index in [0.29, 0.717) is 5.69 Å². The summed E-state index contributed by atoms with van der Waals surface area (Å²) in [4.78, 5) is 11.0. The van der Waals surface area contributed by atoms with Crippen LogP contribution in [0.3, 0.4) is 0 Å². The molecular formula is C10H13NO2S. The summed E-state index contributed by atoms with van der Waals surface area (Å²) in [5.74, 6) is 0.0242. The Morgan fingerprint density at radius 1 is 1.50 bits per heavy atom. The van der Waals surface area contributed by atoms with Crippen LogP contribution in [0.1, 0.15) is 18.6 Å². The Morgan fingerprint density at radius 3 is 2.50 bits per heavy atom. The maximum Gasteiger partial charge on any atom is 0.234 e. The third kappa shape index (κ3) is 3.05. The molecule has 0 heterocycles. The summed E-state index contributed by atoms with van der Waals surface area (Å²) in [6.45, 7) is 1.70. The average molecular weight is 211 g/mol. The number of carbonyl (C=O) groups excluding carboxylic acids is 1. The smallest absolute Gasteiger partial charge is 0.234 e. The van der Waals surface area contributed by atoms with Gasteiger partial charge in [0.25, 0.3) is 0 Å². The van der Waals surface area contributed by atoms with Gasteiger partial charge in [-0.05, 0) is 24.6 Å². The van der Waals surface area contributed by atoms with E-state index in [-0.39, 0.29) is 11.7 Å². The van der Waals surface area contributed by atoms with Crippen LogP contribution in [-0.2, 0) is 4.79 Å². The summed E-state index contributed by atoms with van der Waals surface area (Å²) in [5, 5.41) is 11.9. The van der Waals surface area contributed by atoms with E-state index in [1.807, 2.05) is 0 Å². The van der Waals surface area contributed by atoms with Crippen LogP contribution in [0.4, 0.5) is 5.69 Å². The zero-order chi connectivity index (χ0) is 10.6. The third-order valence-electron chi connectivity index (χ3n) is 1.82. The van der Waals surface area contributed by atoms with Gasteiger partial charge in [0.15, 0.2) is 0 Å². The van der Waals surface area contributed by atoms with E-state index in [2.05, 4.69) is 17.9 Å². The van der Waals surface area contributed by atoms with Crippen molar-refractivity contribution in [2.75, 3.05) is 11.1 Å². The minimum Gasteiger partial charge on any atom is -0.389 e. The number of benzene rings is 1. The zero-order valence-electron chi connectivity index (χ0n) is 7.90. The predicted octanol–water partition coefficient (Wildman–Crippen LogP) is 1.61. The van der Waals surface area contributed by atoms with E-state index in [1.165, 1.54) is 0 Å². The van der Waals surface area contributed by atoms with Gasteiger partial charge in [0.1, 0.15) is 0 Å². The second-order valence-electron chi connectivity index (χ2n) is 3.00. The van der Waals surface area contributed by atoms with Gasteiger partial charge in [-0.3, -0.25) is 4.79 Å². The highest BCUT2D eigenvalue weighted by Crippen LogP contribution is 2.15. The Morgan fingerprint density at radius 2 is 2.07 bits per heavy atom. The molecule has 1 unspecified atom stereocenters. The summed E-state index contributed by atoms with van der Waals surface area (Å²) < 4.78 is 0. The molecule has 0 aliphatic heterocycles. The molecular weight excluding hydrogens is 198 g/mol. The van der Waals surface area contributed by atoms with Crippen molar-refractivity contribution in [2.45, 2.75) is 13.0 Å². The van der Waals surface area contributed by atoms with E-state index in [9.17, 15) is 9.90 Å². The third-order valence-corrected chi connectivity index (χ3v) is 2.11. The highest BCUT2D eigenvalue weighted by atomic mass is 32.1. The Labute approximate surface area is 88.6 Å². The minimum absolute atomic E-state index is 0.141. The number of amides is 1. The molecule has 0 aromatic heterocycles. The second-order valence-corrected chi connectivity index (χ2v) is 3.32. The van der Waals surface area contributed by atoms with E-state index in [4.69, 9.17) is 0 Å². The van der Waals surface area contributed by atoms with Crippen molar-refractivity contribution >= 4 is 24.2 Å². The number of hydrogen-bond acceptors (Lipinski definition) is 3. The molecule has 0 saturated heterocycles. The van der Waals surface area contributed by atoms with Crippen LogP contribution in [0.5, 0.6) is 0 Å². The lowest BCUT2D eigenvalue weighted by Crippen LogP contribution is -2.12. The number of thiol groups is 1. The molecule has 0 radical (unpaired) electrons. The van der Waals surface area contributed by atoms with Gasteiger partial charge in [-0.2, -0.15) is 12.6 Å². The predicted molar refractivity (Wildman–Crippen MR) is 59.6 cm³/mol. The molecule has 0 spiro atoms. The molecule has 0 fully saturated rings. The number of nitrogens with one attached hydrogen (secondary N) is 1. The molecule has 0 saturated carbocycles. The molecule has 14 heavy (non-hydrogen) atoms. The molecule has 1 atom stereocenters. The van der Waals surface area contributed by atoms with Gasteiger partial charge >= 0.3 is 0 Å². The van der Waals surface area contributed by atoms with Gasteiger partial charge in [-0.15, -0.1) is 0 Å². The van der Waals surface area contributed by atoms with E-state index in [0.717, 1.165) is 5.56 Å². The molecule has 1 aromatic rings. The minimum atomic E-state index is -0.482. The van der Waals surface area contributed by atoms with Gasteiger partial charge < -0.3 is 10.4 Å². The fraction of sp³-hybridized carbons (Fsp3) is 0.300. The summed E-state index contributed by atoms with van der Waals surface area (Å²) in [6.07, 6.45) is -0.482. The highest BCUT2D eigenvalue weighted by molar-refractivity contribution is 7.81. The Bertz CT molecular complexity index is 308. The van der Waals surface area contributed by atoms with Crippen LogP contribution in [0.25, 0.3) is 0 Å². The molecule has 1 aromatic carbocycles. The van der Waals surface area contributed by atoms with E-state index >= 15 is 0 Å². The molecule has 3 nitrogen and oxygen atoms in total. The van der Waals surface area contributed by atoms with Crippen LogP contribution in [0.15, 0.2) is 24.3 Å². The Kier molecular flexibility index (Phi) is 3.98. The molecule has 1 rings (SSSR count). The summed E-state index contributed by atoms with van der Waals surface area (Å²) in [7, 11) is 0. The number of rotatable bonds is 3. The van der Waals surface area contributed by atoms with Crippen molar-refractivity contribution in [2.24, 2.45) is 0 Å². The molecule has 0 bridgehead atoms. The number of carbonyl (C=O) groups is 1. The van der Waals surface area contributed by atoms with Crippen LogP contribution in [-0.4, -0.2) is 16.8 Å². The quantitative estimate of drug-likeness (QED) is 0.665. The second kappa shape index (κ2) is 5.02. The van der Waals surface area contributed by atoms with Gasteiger partial charge in [0.2, 0.25) is 5.91 Å². The van der Waals surface area contributed by atoms with Gasteiger partial charge in [0, 0.05) is 5.69 Å². The lowest BCUT2D eigenvalue weighted by molar-refractivity contribution is -0.113. The van der Waals surface area contributed by atoms with Crippen LogP contribution < -0.4 is 5.32 Å². The topological polar surface area (TPSA) is 49.3 Å². The van der Waals surface area contributed by atoms with Crippen molar-refractivity contribution < 1.29 is 9.90 Å². The first-order valence-electron chi connectivity index (χ1n) is 4.32. The van der Waals surface area contributed by atoms with Crippen LogP contribution in [0.2, 0.25) is 0 Å². The van der Waals surface area contributed by atoms with Crippen LogP contribution in [0, 0.1) is 0 Å². The number of aliphatic hydroxyl groups is 1. The summed E-state index contributed by atoms with van der Waals surface area (Å²) >= 11 is 3.85. The first-order chi connectivity index (χ1) is 6.63. The first-order valence-corrected chi connectivity index (χ1v) is 4.95. The monoisotopic (exact) mass is 211 g/mol. The summed E-state index contributed by atoms with van der Waals surface area (Å²) in [6, 6.07) is 7.06. The Hall–Kier alpha value is -1.00. The molecule has 1 amide bonds. The maximum absolute atomic E-state index is 11.0. The summed E-state index contributed by atoms with van der Waals surface area (Å²) in [5.41, 5.74) is 1.54. The zero-order valence-corrected chi connectivity index (χ0v) is 8.79. The molecule has 2 N–H and O–H groups in total. The van der Waals surface area contributed by atoms with Crippen molar-refractivity contribution in [3.8, 4) is 0 Å². The normalized spacial score (nSPS) is 12.2. The molecule has 4 heteroatoms. The van der Waals surface area contributed by atoms with Crippen LogP contribution >= 0.6 is 12.6 Å². The van der Waals surface area contributed by atoms with Gasteiger partial charge in [0.05, 0.1) is 11.9 Å². The lowest BCUT2D eigenvalue weighted by Gasteiger charge is -2.06. The standard InChI is InChI=1S/C10H13NO2S/c1-7(12)8-2-4-9(5-3-8)11-10(13)6-14/h2-5,7,12,14H,6H2,1H3,(H,11,13). The van der Waals surface area contributed by atoms with E-state index < -0.39 is 6.10 Å². The SMILES string of the molecule is CC(O)c1ccc(NC(=O)CS)cc1. The largest absolute Gasteiger partial charge is 0.389 e. The van der Waals surface area contributed by atoms with Crippen molar-refractivity contribution in [1.29, 1.82) is 0 Å². The Balaban J connectivity index is 2.69. The number of hydrogen-bond donors (Lipinski definition) is 3. The van der Waals surface area contributed by atoms with Crippen molar-refractivity contribution in [3.05, 3.63) is 29.8 Å². The fourth-order valence-corrected chi connectivity index (χ4v) is 1.12. The number of aliphatic hydroxyl groups excluding tert-OH is 1. The van der Waals surface area contributed by atoms with E-state index in [1.54, 1.807) is 31.2 Å². The van der Waals surface area contributed by atoms with Crippen molar-refractivity contribution in [3.63, 3.8) is 0 Å². The molecule has 76 valence electrons. The maximum atomic E-state index is 11.0. The average Bonchev–Trinajstić information content (AvgIpc) is 2.18. The number of anilines is 1.